The molecular formula is C37H67NO12. The summed E-state index contributed by atoms with van der Waals surface area (Å²) < 4.78 is 45.1. The van der Waals surface area contributed by atoms with E-state index in [-0.39, 0.29) is 30.9 Å². The van der Waals surface area contributed by atoms with E-state index in [0.717, 1.165) is 0 Å². The number of aliphatic hydroxyl groups is 4. The van der Waals surface area contributed by atoms with Gasteiger partial charge in [-0.2, -0.15) is 0 Å². The van der Waals surface area contributed by atoms with Gasteiger partial charge >= 0.3 is 5.97 Å². The number of hydrogen-bond donors (Lipinski definition) is 4. The first-order chi connectivity index (χ1) is 23.1. The monoisotopic (exact) mass is 717 g/mol. The van der Waals surface area contributed by atoms with Gasteiger partial charge in [0.25, 0.3) is 0 Å². The van der Waals surface area contributed by atoms with Crippen molar-refractivity contribution >= 4 is 5.97 Å². The minimum absolute atomic E-state index is 0.0580. The van der Waals surface area contributed by atoms with E-state index in [0.29, 0.717) is 12.8 Å². The van der Waals surface area contributed by atoms with Gasteiger partial charge < -0.3 is 58.5 Å². The minimum Gasteiger partial charge on any atom is -0.459 e. The first kappa shape index (κ1) is 41.8. The van der Waals surface area contributed by atoms with E-state index >= 15 is 0 Å². The van der Waals surface area contributed by atoms with Crippen LogP contribution in [0.4, 0.5) is 0 Å². The standard InChI is InChI=1S/C37H67NO12/c1-14-25(39)37(10,43)32-20(4)28-18(2)16-36(9,50-28)31(49-34-27(40)24(38(11)12)15-19(3)45-34)21(5)29(22(6)33(42)48-32)47-26-17-35(8,44-13)30(41)23(7)46-26/h18-32,34,39-41,43H,14-17H2,1-13H3/t18?,19?,20-,21-,22+,23?,24?,25+,26-,27?,28?,29-,30-,31?,32+,34-,35?,36?,37+/m0/s1. The van der Waals surface area contributed by atoms with Gasteiger partial charge in [0.15, 0.2) is 12.6 Å². The van der Waals surface area contributed by atoms with E-state index in [4.69, 9.17) is 33.2 Å². The number of carbonyl (C=O) groups excluding carboxylic acids is 1. The number of rotatable bonds is 9. The Hall–Kier alpha value is -0.970. The Morgan fingerprint density at radius 1 is 1.02 bits per heavy atom. The van der Waals surface area contributed by atoms with Crippen molar-refractivity contribution in [1.82, 2.24) is 4.90 Å². The summed E-state index contributed by atoms with van der Waals surface area (Å²) in [6.07, 6.45) is -7.36. The van der Waals surface area contributed by atoms with Crippen LogP contribution < -0.4 is 0 Å². The van der Waals surface area contributed by atoms with Crippen LogP contribution in [0.2, 0.25) is 0 Å². The Kier molecular flexibility index (Phi) is 13.2. The molecule has 13 nitrogen and oxygen atoms in total. The van der Waals surface area contributed by atoms with Crippen LogP contribution in [0.3, 0.4) is 0 Å². The van der Waals surface area contributed by atoms with Crippen LogP contribution in [0.1, 0.15) is 94.9 Å². The maximum Gasteiger partial charge on any atom is 0.311 e. The molecule has 4 aliphatic heterocycles. The number of esters is 1. The predicted octanol–water partition coefficient (Wildman–Crippen LogP) is 2.62. The summed E-state index contributed by atoms with van der Waals surface area (Å²) in [4.78, 5) is 16.3. The largest absolute Gasteiger partial charge is 0.459 e. The summed E-state index contributed by atoms with van der Waals surface area (Å²) in [5, 5.41) is 45.2. The van der Waals surface area contributed by atoms with Crippen molar-refractivity contribution < 1.29 is 58.4 Å². The molecule has 4 saturated heterocycles. The second kappa shape index (κ2) is 15.8. The van der Waals surface area contributed by atoms with Crippen molar-refractivity contribution in [1.29, 1.82) is 0 Å². The third kappa shape index (κ3) is 8.08. The third-order valence-electron chi connectivity index (χ3n) is 12.4. The molecule has 0 aromatic heterocycles. The summed E-state index contributed by atoms with van der Waals surface area (Å²) in [7, 11) is 5.37. The van der Waals surface area contributed by atoms with Gasteiger partial charge in [-0.05, 0) is 80.8 Å². The Balaban J connectivity index is 1.82. The summed E-state index contributed by atoms with van der Waals surface area (Å²) in [6.45, 7) is 18.3. The average Bonchev–Trinajstić information content (AvgIpc) is 3.36. The second-order valence-corrected chi connectivity index (χ2v) is 16.8. The van der Waals surface area contributed by atoms with E-state index in [9.17, 15) is 25.2 Å². The molecular weight excluding hydrogens is 650 g/mol. The van der Waals surface area contributed by atoms with Crippen molar-refractivity contribution in [3.05, 3.63) is 0 Å². The lowest BCUT2D eigenvalue weighted by atomic mass is 9.76. The first-order valence-electron chi connectivity index (χ1n) is 18.6. The molecule has 4 aliphatic rings. The van der Waals surface area contributed by atoms with Gasteiger partial charge in [0, 0.05) is 31.4 Å². The van der Waals surface area contributed by atoms with Gasteiger partial charge in [-0.3, -0.25) is 4.79 Å². The highest BCUT2D eigenvalue weighted by molar-refractivity contribution is 5.73. The molecule has 0 aromatic rings. The lowest BCUT2D eigenvalue weighted by Gasteiger charge is -2.48. The fourth-order valence-electron chi connectivity index (χ4n) is 9.20. The number of methoxy groups -OCH3 is 1. The lowest BCUT2D eigenvalue weighted by molar-refractivity contribution is -0.318. The molecule has 0 aromatic carbocycles. The Morgan fingerprint density at radius 3 is 2.24 bits per heavy atom. The molecule has 292 valence electrons. The molecule has 4 heterocycles. The zero-order chi connectivity index (χ0) is 37.7. The number of ether oxygens (including phenoxy) is 7. The Morgan fingerprint density at radius 2 is 1.66 bits per heavy atom. The fraction of sp³-hybridized carbons (Fsp3) is 0.973. The molecule has 4 N–H and O–H groups in total. The third-order valence-corrected chi connectivity index (χ3v) is 12.4. The van der Waals surface area contributed by atoms with Gasteiger partial charge in [-0.25, -0.2) is 0 Å². The van der Waals surface area contributed by atoms with Crippen molar-refractivity contribution in [2.45, 2.75) is 185 Å². The number of cyclic esters (lactones) is 1. The van der Waals surface area contributed by atoms with Crippen LogP contribution in [0.15, 0.2) is 0 Å². The fourth-order valence-corrected chi connectivity index (χ4v) is 9.20. The smallest absolute Gasteiger partial charge is 0.311 e. The van der Waals surface area contributed by atoms with Crippen LogP contribution in [0.25, 0.3) is 0 Å². The van der Waals surface area contributed by atoms with Gasteiger partial charge in [0.1, 0.15) is 23.9 Å². The molecule has 19 atom stereocenters. The number of carbonyl (C=O) groups is 1. The Bertz CT molecular complexity index is 1140. The lowest BCUT2D eigenvalue weighted by Crippen LogP contribution is -2.60. The number of nitrogens with zero attached hydrogens (tertiary/aromatic N) is 1. The average molecular weight is 718 g/mol. The van der Waals surface area contributed by atoms with Gasteiger partial charge in [0.05, 0.1) is 53.7 Å². The van der Waals surface area contributed by atoms with Gasteiger partial charge in [-0.15, -0.1) is 0 Å². The number of fused-ring (bicyclic) bond motifs is 2. The summed E-state index contributed by atoms with van der Waals surface area (Å²) in [5.74, 6) is -2.67. The SMILES string of the molecule is CC[C@@H](O)[C@@](C)(O)[C@@H]1OC(=O)[C@H](C)[C@@H](O[C@H]2CC(C)(OC)[C@@H](O)C(C)O2)[C@H](C)C(O[C@@H]2OC(C)CC(N(C)C)C2O)C2(C)CC(C)C(O2)[C@@H]1C. The normalized spacial score (nSPS) is 49.6. The zero-order valence-corrected chi connectivity index (χ0v) is 32.6. The first-order valence-corrected chi connectivity index (χ1v) is 18.6. The van der Waals surface area contributed by atoms with Crippen molar-refractivity contribution in [3.8, 4) is 0 Å². The maximum absolute atomic E-state index is 14.3. The van der Waals surface area contributed by atoms with E-state index in [1.807, 2.05) is 46.7 Å². The quantitative estimate of drug-likeness (QED) is 0.258. The second-order valence-electron chi connectivity index (χ2n) is 16.8. The minimum atomic E-state index is -1.78. The highest BCUT2D eigenvalue weighted by atomic mass is 16.7. The van der Waals surface area contributed by atoms with Crippen LogP contribution >= 0.6 is 0 Å². The number of aliphatic hydroxyl groups excluding tert-OH is 3. The Labute approximate surface area is 299 Å². The molecule has 0 saturated carbocycles. The molecule has 2 bridgehead atoms. The van der Waals surface area contributed by atoms with Gasteiger partial charge in [-0.1, -0.05) is 27.7 Å². The van der Waals surface area contributed by atoms with E-state index in [2.05, 4.69) is 6.92 Å². The molecule has 4 fully saturated rings. The van der Waals surface area contributed by atoms with Crippen molar-refractivity contribution in [2.75, 3.05) is 21.2 Å². The van der Waals surface area contributed by atoms with Crippen molar-refractivity contribution in [3.63, 3.8) is 0 Å². The molecule has 0 radical (unpaired) electrons. The predicted molar refractivity (Wildman–Crippen MR) is 184 cm³/mol. The van der Waals surface area contributed by atoms with Crippen molar-refractivity contribution in [2.24, 2.45) is 23.7 Å². The van der Waals surface area contributed by atoms with E-state index in [1.165, 1.54) is 14.0 Å². The molecule has 50 heavy (non-hydrogen) atoms. The zero-order valence-electron chi connectivity index (χ0n) is 32.6. The summed E-state index contributed by atoms with van der Waals surface area (Å²) in [6, 6.07) is -0.213. The maximum atomic E-state index is 14.3. The van der Waals surface area contributed by atoms with E-state index < -0.39 is 102 Å². The molecule has 13 heteroatoms. The molecule has 0 spiro atoms. The molecule has 0 aliphatic carbocycles. The van der Waals surface area contributed by atoms with Crippen LogP contribution in [-0.2, 0) is 38.0 Å². The van der Waals surface area contributed by atoms with E-state index in [1.54, 1.807) is 27.7 Å². The number of hydrogen-bond acceptors (Lipinski definition) is 13. The van der Waals surface area contributed by atoms with Crippen LogP contribution in [-0.4, -0.2) is 143 Å². The molecule has 9 unspecified atom stereocenters. The highest BCUT2D eigenvalue weighted by Gasteiger charge is 2.59. The summed E-state index contributed by atoms with van der Waals surface area (Å²) >= 11 is 0. The molecule has 0 amide bonds. The van der Waals surface area contributed by atoms with Crippen LogP contribution in [0.5, 0.6) is 0 Å². The molecule has 4 rings (SSSR count). The number of likely N-dealkylation sites (N-methyl/N-ethyl adjacent to an activating group) is 1. The van der Waals surface area contributed by atoms with Crippen LogP contribution in [0, 0.1) is 23.7 Å². The topological polar surface area (TPSA) is 166 Å². The highest BCUT2D eigenvalue weighted by Crippen LogP contribution is 2.48. The van der Waals surface area contributed by atoms with Gasteiger partial charge in [0.2, 0.25) is 0 Å². The summed E-state index contributed by atoms with van der Waals surface area (Å²) in [5.41, 5.74) is -3.72.